The van der Waals surface area contributed by atoms with Crippen molar-refractivity contribution in [2.24, 2.45) is 0 Å². The molecule has 0 fully saturated rings. The van der Waals surface area contributed by atoms with Crippen LogP contribution in [-0.4, -0.2) is 18.2 Å². The predicted octanol–water partition coefficient (Wildman–Crippen LogP) is 2.49. The van der Waals surface area contributed by atoms with Crippen molar-refractivity contribution in [1.82, 2.24) is 4.98 Å². The molecule has 0 unspecified atom stereocenters. The standard InChI is InChI=1S/C8H15N2O3PS/c1-3-12-14(11,13-4-2)6-7-5-10-8(9)15-7/h5H,3-4,6H2,1-2H3,(H2,9,10). The molecule has 1 heterocycles. The van der Waals surface area contributed by atoms with Gasteiger partial charge < -0.3 is 14.8 Å². The van der Waals surface area contributed by atoms with Gasteiger partial charge in [0, 0.05) is 11.1 Å². The summed E-state index contributed by atoms with van der Waals surface area (Å²) in [7, 11) is -3.01. The van der Waals surface area contributed by atoms with Crippen LogP contribution in [0.4, 0.5) is 5.13 Å². The van der Waals surface area contributed by atoms with Gasteiger partial charge in [-0.25, -0.2) is 4.98 Å². The van der Waals surface area contributed by atoms with Crippen LogP contribution in [0.3, 0.4) is 0 Å². The molecule has 0 aliphatic rings. The normalized spacial score (nSPS) is 11.9. The minimum Gasteiger partial charge on any atom is -0.375 e. The summed E-state index contributed by atoms with van der Waals surface area (Å²) in [6.07, 6.45) is 1.84. The van der Waals surface area contributed by atoms with Crippen LogP contribution in [0, 0.1) is 0 Å². The fourth-order valence-electron chi connectivity index (χ4n) is 1.11. The van der Waals surface area contributed by atoms with E-state index in [1.54, 1.807) is 20.0 Å². The minimum atomic E-state index is -3.01. The van der Waals surface area contributed by atoms with Crippen molar-refractivity contribution in [3.8, 4) is 0 Å². The molecule has 1 rings (SSSR count). The fraction of sp³-hybridized carbons (Fsp3) is 0.625. The molecule has 1 aromatic heterocycles. The number of hydrogen-bond acceptors (Lipinski definition) is 6. The van der Waals surface area contributed by atoms with Crippen LogP contribution < -0.4 is 5.73 Å². The van der Waals surface area contributed by atoms with Crippen LogP contribution in [0.2, 0.25) is 0 Å². The summed E-state index contributed by atoms with van der Waals surface area (Å²) in [5.41, 5.74) is 5.48. The van der Waals surface area contributed by atoms with E-state index in [0.29, 0.717) is 18.3 Å². The molecule has 0 spiro atoms. The molecule has 0 radical (unpaired) electrons. The van der Waals surface area contributed by atoms with Crippen molar-refractivity contribution in [3.63, 3.8) is 0 Å². The third kappa shape index (κ3) is 3.91. The lowest BCUT2D eigenvalue weighted by molar-refractivity contribution is 0.219. The number of rotatable bonds is 6. The van der Waals surface area contributed by atoms with Crippen LogP contribution >= 0.6 is 18.9 Å². The first-order valence-electron chi connectivity index (χ1n) is 4.68. The van der Waals surface area contributed by atoms with E-state index in [2.05, 4.69) is 4.98 Å². The molecule has 0 aromatic carbocycles. The second-order valence-corrected chi connectivity index (χ2v) is 5.97. The quantitative estimate of drug-likeness (QED) is 0.785. The molecule has 7 heteroatoms. The number of nitrogens with two attached hydrogens (primary N) is 1. The summed E-state index contributed by atoms with van der Waals surface area (Å²) in [4.78, 5) is 4.70. The topological polar surface area (TPSA) is 74.4 Å². The smallest absolute Gasteiger partial charge is 0.335 e. The van der Waals surface area contributed by atoms with Crippen molar-refractivity contribution in [3.05, 3.63) is 11.1 Å². The van der Waals surface area contributed by atoms with Crippen LogP contribution in [0.25, 0.3) is 0 Å². The Bertz CT molecular complexity index is 345. The largest absolute Gasteiger partial charge is 0.375 e. The zero-order valence-corrected chi connectivity index (χ0v) is 10.5. The van der Waals surface area contributed by atoms with E-state index in [1.807, 2.05) is 0 Å². The van der Waals surface area contributed by atoms with Crippen LogP contribution in [0.15, 0.2) is 6.20 Å². The Balaban J connectivity index is 2.70. The number of aromatic nitrogens is 1. The number of thiazole rings is 1. The lowest BCUT2D eigenvalue weighted by Gasteiger charge is -2.15. The van der Waals surface area contributed by atoms with E-state index in [4.69, 9.17) is 14.8 Å². The van der Waals surface area contributed by atoms with E-state index in [1.165, 1.54) is 11.3 Å². The van der Waals surface area contributed by atoms with E-state index >= 15 is 0 Å². The van der Waals surface area contributed by atoms with Gasteiger partial charge in [0.25, 0.3) is 0 Å². The lowest BCUT2D eigenvalue weighted by Crippen LogP contribution is -1.97. The van der Waals surface area contributed by atoms with Crippen molar-refractivity contribution in [1.29, 1.82) is 0 Å². The Morgan fingerprint density at radius 2 is 2.07 bits per heavy atom. The highest BCUT2D eigenvalue weighted by molar-refractivity contribution is 7.53. The second kappa shape index (κ2) is 5.61. The Labute approximate surface area is 93.1 Å². The Morgan fingerprint density at radius 3 is 2.47 bits per heavy atom. The maximum absolute atomic E-state index is 12.1. The van der Waals surface area contributed by atoms with Crippen molar-refractivity contribution in [2.75, 3.05) is 18.9 Å². The number of nitrogens with zero attached hydrogens (tertiary/aromatic N) is 1. The second-order valence-electron chi connectivity index (χ2n) is 2.77. The van der Waals surface area contributed by atoms with Gasteiger partial charge in [0.1, 0.15) is 0 Å². The molecule has 0 saturated carbocycles. The van der Waals surface area contributed by atoms with Gasteiger partial charge in [0.05, 0.1) is 19.4 Å². The molecule has 0 atom stereocenters. The summed E-state index contributed by atoms with van der Waals surface area (Å²) in [6, 6.07) is 0. The number of nitrogen functional groups attached to an aromatic ring is 1. The van der Waals surface area contributed by atoms with Crippen LogP contribution in [0.1, 0.15) is 18.7 Å². The SMILES string of the molecule is CCOP(=O)(Cc1cnc(N)s1)OCC. The molecule has 15 heavy (non-hydrogen) atoms. The van der Waals surface area contributed by atoms with Crippen LogP contribution in [-0.2, 0) is 19.8 Å². The molecule has 0 saturated heterocycles. The monoisotopic (exact) mass is 250 g/mol. The first-order chi connectivity index (χ1) is 7.09. The highest BCUT2D eigenvalue weighted by Gasteiger charge is 2.25. The molecule has 0 bridgehead atoms. The summed E-state index contributed by atoms with van der Waals surface area (Å²) in [5.74, 6) is 0. The van der Waals surface area contributed by atoms with E-state index in [9.17, 15) is 4.57 Å². The molecule has 1 aromatic rings. The predicted molar refractivity (Wildman–Crippen MR) is 61.1 cm³/mol. The molecule has 0 amide bonds. The molecular weight excluding hydrogens is 235 g/mol. The van der Waals surface area contributed by atoms with Gasteiger partial charge in [-0.15, -0.1) is 11.3 Å². The molecule has 0 aliphatic heterocycles. The first-order valence-corrected chi connectivity index (χ1v) is 7.22. The Kier molecular flexibility index (Phi) is 4.73. The molecule has 0 aliphatic carbocycles. The zero-order valence-electron chi connectivity index (χ0n) is 8.80. The number of anilines is 1. The summed E-state index contributed by atoms with van der Waals surface area (Å²) >= 11 is 1.30. The maximum atomic E-state index is 12.1. The Morgan fingerprint density at radius 1 is 1.47 bits per heavy atom. The van der Waals surface area contributed by atoms with E-state index in [0.717, 1.165) is 4.88 Å². The minimum absolute atomic E-state index is 0.240. The third-order valence-corrected chi connectivity index (χ3v) is 4.64. The van der Waals surface area contributed by atoms with E-state index in [-0.39, 0.29) is 6.16 Å². The average Bonchev–Trinajstić information content (AvgIpc) is 2.51. The van der Waals surface area contributed by atoms with Gasteiger partial charge in [-0.3, -0.25) is 4.57 Å². The highest BCUT2D eigenvalue weighted by Crippen LogP contribution is 2.51. The van der Waals surface area contributed by atoms with Gasteiger partial charge in [0.2, 0.25) is 0 Å². The molecular formula is C8H15N2O3PS. The zero-order chi connectivity index (χ0) is 11.3. The molecule has 86 valence electrons. The number of hydrogen-bond donors (Lipinski definition) is 1. The van der Waals surface area contributed by atoms with Gasteiger partial charge in [-0.1, -0.05) is 0 Å². The third-order valence-electron chi connectivity index (χ3n) is 1.57. The van der Waals surface area contributed by atoms with Gasteiger partial charge in [-0.2, -0.15) is 0 Å². The Hall–Kier alpha value is -0.420. The first kappa shape index (κ1) is 12.6. The lowest BCUT2D eigenvalue weighted by atomic mass is 10.6. The van der Waals surface area contributed by atoms with E-state index < -0.39 is 7.60 Å². The van der Waals surface area contributed by atoms with Gasteiger partial charge in [0.15, 0.2) is 5.13 Å². The fourth-order valence-corrected chi connectivity index (χ4v) is 3.83. The average molecular weight is 250 g/mol. The van der Waals surface area contributed by atoms with Crippen molar-refractivity contribution in [2.45, 2.75) is 20.0 Å². The van der Waals surface area contributed by atoms with Crippen LogP contribution in [0.5, 0.6) is 0 Å². The molecule has 2 N–H and O–H groups in total. The van der Waals surface area contributed by atoms with Gasteiger partial charge in [-0.05, 0) is 13.8 Å². The summed E-state index contributed by atoms with van der Waals surface area (Å²) < 4.78 is 22.4. The van der Waals surface area contributed by atoms with Crippen molar-refractivity contribution < 1.29 is 13.6 Å². The van der Waals surface area contributed by atoms with Gasteiger partial charge >= 0.3 is 7.60 Å². The molecule has 5 nitrogen and oxygen atoms in total. The summed E-state index contributed by atoms with van der Waals surface area (Å²) in [5, 5.41) is 0.463. The highest BCUT2D eigenvalue weighted by atomic mass is 32.1. The summed E-state index contributed by atoms with van der Waals surface area (Å²) in [6.45, 7) is 4.30. The van der Waals surface area contributed by atoms with Crippen molar-refractivity contribution >= 4 is 24.1 Å². The maximum Gasteiger partial charge on any atom is 0.335 e.